The van der Waals surface area contributed by atoms with Crippen molar-refractivity contribution in [2.24, 2.45) is 0 Å². The molecule has 0 spiro atoms. The summed E-state index contributed by atoms with van der Waals surface area (Å²) in [6, 6.07) is 22.4. The van der Waals surface area contributed by atoms with Crippen LogP contribution in [0.25, 0.3) is 0 Å². The minimum Gasteiger partial charge on any atom is -0.489 e. The summed E-state index contributed by atoms with van der Waals surface area (Å²) in [6.45, 7) is 4.32. The van der Waals surface area contributed by atoms with Gasteiger partial charge in [-0.05, 0) is 67.3 Å². The van der Waals surface area contributed by atoms with Gasteiger partial charge in [0.1, 0.15) is 12.4 Å². The zero-order valence-electron chi connectivity index (χ0n) is 16.4. The standard InChI is InChI=1S/C26H28NO/c1-2-20-28-26-24(15-6-12-22-10-4-3-5-11-22)17-8-18-25(26)16-7-13-23-14-9-19-27-21-23/h2-5,8-11,14,18-19,21H,1,6-7,12-13,15-16,20H2. The highest BCUT2D eigenvalue weighted by molar-refractivity contribution is 5.41. The third-order valence-electron chi connectivity index (χ3n) is 4.82. The lowest BCUT2D eigenvalue weighted by atomic mass is 9.98. The number of ether oxygens (including phenoxy) is 1. The number of pyridine rings is 1. The Morgan fingerprint density at radius 2 is 1.68 bits per heavy atom. The van der Waals surface area contributed by atoms with Gasteiger partial charge in [-0.15, -0.1) is 0 Å². The Labute approximate surface area is 168 Å². The fraction of sp³-hybridized carbons (Fsp3) is 0.269. The highest BCUT2D eigenvalue weighted by atomic mass is 16.5. The lowest BCUT2D eigenvalue weighted by Crippen LogP contribution is -2.03. The second kappa shape index (κ2) is 11.1. The summed E-state index contributed by atoms with van der Waals surface area (Å²) in [7, 11) is 0. The molecular formula is C26H28NO. The topological polar surface area (TPSA) is 22.1 Å². The van der Waals surface area contributed by atoms with Crippen molar-refractivity contribution in [3.63, 3.8) is 0 Å². The van der Waals surface area contributed by atoms with Crippen molar-refractivity contribution in [1.82, 2.24) is 4.98 Å². The van der Waals surface area contributed by atoms with Crippen molar-refractivity contribution in [3.05, 3.63) is 108 Å². The SMILES string of the molecule is C=CCOc1c(CCCc2ccccc2)[c]ccc1CCCc1cccnc1. The monoisotopic (exact) mass is 370 g/mol. The van der Waals surface area contributed by atoms with Gasteiger partial charge in [-0.25, -0.2) is 0 Å². The van der Waals surface area contributed by atoms with Crippen LogP contribution in [-0.2, 0) is 25.7 Å². The number of aromatic nitrogens is 1. The molecule has 0 aliphatic heterocycles. The average molecular weight is 371 g/mol. The van der Waals surface area contributed by atoms with Crippen LogP contribution in [0.1, 0.15) is 35.1 Å². The molecule has 0 aliphatic carbocycles. The Morgan fingerprint density at radius 1 is 0.893 bits per heavy atom. The van der Waals surface area contributed by atoms with Crippen molar-refractivity contribution in [3.8, 4) is 5.75 Å². The average Bonchev–Trinajstić information content (AvgIpc) is 2.75. The van der Waals surface area contributed by atoms with Crippen molar-refractivity contribution in [1.29, 1.82) is 0 Å². The molecule has 0 saturated heterocycles. The third kappa shape index (κ3) is 6.09. The van der Waals surface area contributed by atoms with E-state index in [1.807, 2.05) is 24.5 Å². The number of aryl methyl sites for hydroxylation is 4. The molecule has 1 radical (unpaired) electrons. The lowest BCUT2D eigenvalue weighted by molar-refractivity contribution is 0.354. The van der Waals surface area contributed by atoms with Gasteiger partial charge < -0.3 is 4.74 Å². The fourth-order valence-corrected chi connectivity index (χ4v) is 3.43. The van der Waals surface area contributed by atoms with E-state index in [0.29, 0.717) is 6.61 Å². The van der Waals surface area contributed by atoms with E-state index in [0.717, 1.165) is 44.3 Å². The highest BCUT2D eigenvalue weighted by Gasteiger charge is 2.10. The molecule has 0 unspecified atom stereocenters. The zero-order valence-corrected chi connectivity index (χ0v) is 16.4. The molecule has 1 heterocycles. The summed E-state index contributed by atoms with van der Waals surface area (Å²) in [6.07, 6.45) is 11.8. The molecule has 3 aromatic rings. The van der Waals surface area contributed by atoms with E-state index in [1.54, 1.807) is 6.08 Å². The van der Waals surface area contributed by atoms with Crippen LogP contribution in [0.2, 0.25) is 0 Å². The van der Waals surface area contributed by atoms with Crippen LogP contribution in [0, 0.1) is 6.07 Å². The summed E-state index contributed by atoms with van der Waals surface area (Å²) >= 11 is 0. The normalized spacial score (nSPS) is 10.6. The Balaban J connectivity index is 1.63. The number of rotatable bonds is 11. The molecule has 0 atom stereocenters. The number of hydrogen-bond acceptors (Lipinski definition) is 2. The zero-order chi connectivity index (χ0) is 19.4. The van der Waals surface area contributed by atoms with E-state index in [1.165, 1.54) is 22.3 Å². The smallest absolute Gasteiger partial charge is 0.126 e. The maximum atomic E-state index is 6.06. The first-order valence-corrected chi connectivity index (χ1v) is 10.1. The summed E-state index contributed by atoms with van der Waals surface area (Å²) in [5.74, 6) is 1.00. The number of hydrogen-bond donors (Lipinski definition) is 0. The minimum absolute atomic E-state index is 0.527. The molecule has 3 rings (SSSR count). The van der Waals surface area contributed by atoms with E-state index in [-0.39, 0.29) is 0 Å². The van der Waals surface area contributed by atoms with Crippen LogP contribution in [0.4, 0.5) is 0 Å². The molecule has 143 valence electrons. The second-order valence-corrected chi connectivity index (χ2v) is 6.96. The quantitative estimate of drug-likeness (QED) is 0.398. The molecule has 0 bridgehead atoms. The molecule has 2 aromatic carbocycles. The molecule has 0 fully saturated rings. The maximum Gasteiger partial charge on any atom is 0.126 e. The molecule has 0 aliphatic rings. The Kier molecular flexibility index (Phi) is 7.87. The molecule has 28 heavy (non-hydrogen) atoms. The van der Waals surface area contributed by atoms with Crippen molar-refractivity contribution in [2.75, 3.05) is 6.61 Å². The largest absolute Gasteiger partial charge is 0.489 e. The van der Waals surface area contributed by atoms with Gasteiger partial charge in [-0.3, -0.25) is 4.98 Å². The lowest BCUT2D eigenvalue weighted by Gasteiger charge is -2.15. The first kappa shape index (κ1) is 19.9. The van der Waals surface area contributed by atoms with Crippen LogP contribution in [-0.4, -0.2) is 11.6 Å². The van der Waals surface area contributed by atoms with Crippen LogP contribution in [0.5, 0.6) is 5.75 Å². The summed E-state index contributed by atoms with van der Waals surface area (Å²) < 4.78 is 6.06. The predicted molar refractivity (Wildman–Crippen MR) is 116 cm³/mol. The Bertz CT molecular complexity index is 779. The Hall–Kier alpha value is -2.87. The van der Waals surface area contributed by atoms with Crippen LogP contribution in [0.3, 0.4) is 0 Å². The van der Waals surface area contributed by atoms with Gasteiger partial charge in [0.2, 0.25) is 0 Å². The third-order valence-corrected chi connectivity index (χ3v) is 4.82. The first-order chi connectivity index (χ1) is 13.9. The number of benzene rings is 2. The van der Waals surface area contributed by atoms with Gasteiger partial charge in [0.15, 0.2) is 0 Å². The van der Waals surface area contributed by atoms with E-state index in [9.17, 15) is 0 Å². The van der Waals surface area contributed by atoms with E-state index in [2.05, 4.69) is 60.1 Å². The minimum atomic E-state index is 0.527. The molecule has 0 saturated carbocycles. The van der Waals surface area contributed by atoms with Gasteiger partial charge in [0.25, 0.3) is 0 Å². The van der Waals surface area contributed by atoms with E-state index < -0.39 is 0 Å². The van der Waals surface area contributed by atoms with E-state index >= 15 is 0 Å². The summed E-state index contributed by atoms with van der Waals surface area (Å²) in [5.41, 5.74) is 5.10. The molecule has 0 N–H and O–H groups in total. The van der Waals surface area contributed by atoms with Gasteiger partial charge in [0.05, 0.1) is 0 Å². The van der Waals surface area contributed by atoms with Gasteiger partial charge in [0, 0.05) is 18.0 Å². The van der Waals surface area contributed by atoms with Crippen molar-refractivity contribution in [2.45, 2.75) is 38.5 Å². The fourth-order valence-electron chi connectivity index (χ4n) is 3.43. The highest BCUT2D eigenvalue weighted by Crippen LogP contribution is 2.27. The second-order valence-electron chi connectivity index (χ2n) is 6.96. The Morgan fingerprint density at radius 3 is 2.46 bits per heavy atom. The van der Waals surface area contributed by atoms with Crippen LogP contribution >= 0.6 is 0 Å². The van der Waals surface area contributed by atoms with Crippen LogP contribution < -0.4 is 4.74 Å². The molecule has 0 amide bonds. The van der Waals surface area contributed by atoms with Crippen LogP contribution in [0.15, 0.2) is 79.6 Å². The van der Waals surface area contributed by atoms with Crippen molar-refractivity contribution < 1.29 is 4.74 Å². The predicted octanol–water partition coefficient (Wildman–Crippen LogP) is 5.80. The molecular weight excluding hydrogens is 342 g/mol. The molecule has 2 heteroatoms. The number of nitrogens with zero attached hydrogens (tertiary/aromatic N) is 1. The molecule has 1 aromatic heterocycles. The van der Waals surface area contributed by atoms with Gasteiger partial charge >= 0.3 is 0 Å². The first-order valence-electron chi connectivity index (χ1n) is 10.1. The van der Waals surface area contributed by atoms with E-state index in [4.69, 9.17) is 4.74 Å². The maximum absolute atomic E-state index is 6.06. The van der Waals surface area contributed by atoms with Gasteiger partial charge in [-0.2, -0.15) is 0 Å². The molecule has 2 nitrogen and oxygen atoms in total. The van der Waals surface area contributed by atoms with Crippen molar-refractivity contribution >= 4 is 0 Å². The summed E-state index contributed by atoms with van der Waals surface area (Å²) in [4.78, 5) is 4.20. The van der Waals surface area contributed by atoms with Gasteiger partial charge in [-0.1, -0.05) is 61.2 Å². The summed E-state index contributed by atoms with van der Waals surface area (Å²) in [5, 5.41) is 0.